The van der Waals surface area contributed by atoms with Crippen LogP contribution in [0.5, 0.6) is 0 Å². The predicted molar refractivity (Wildman–Crippen MR) is 86.1 cm³/mol. The zero-order chi connectivity index (χ0) is 16.4. The van der Waals surface area contributed by atoms with Gasteiger partial charge in [0, 0.05) is 13.2 Å². The Balaban J connectivity index is 2.10. The summed E-state index contributed by atoms with van der Waals surface area (Å²) in [5.41, 5.74) is 1.80. The van der Waals surface area contributed by atoms with Crippen molar-refractivity contribution < 1.29 is 18.3 Å². The highest BCUT2D eigenvalue weighted by Gasteiger charge is 2.49. The first-order chi connectivity index (χ1) is 10.3. The normalized spacial score (nSPS) is 20.2. The average Bonchev–Trinajstić information content (AvgIpc) is 2.42. The van der Waals surface area contributed by atoms with Crippen LogP contribution in [-0.4, -0.2) is 38.0 Å². The first-order valence-electron chi connectivity index (χ1n) is 7.57. The number of nitrogens with one attached hydrogen (secondary N) is 1. The first kappa shape index (κ1) is 17.4. The van der Waals surface area contributed by atoms with Gasteiger partial charge in [-0.15, -0.1) is 0 Å². The molecule has 0 spiro atoms. The van der Waals surface area contributed by atoms with Gasteiger partial charge in [-0.2, -0.15) is 0 Å². The fourth-order valence-corrected chi connectivity index (χ4v) is 4.78. The van der Waals surface area contributed by atoms with Crippen LogP contribution in [0.1, 0.15) is 43.4 Å². The van der Waals surface area contributed by atoms with Crippen molar-refractivity contribution >= 4 is 10.0 Å². The van der Waals surface area contributed by atoms with E-state index in [1.54, 1.807) is 6.92 Å². The topological polar surface area (TPSA) is 75.6 Å². The van der Waals surface area contributed by atoms with E-state index in [-0.39, 0.29) is 6.61 Å². The Hall–Kier alpha value is -0.950. The molecule has 1 fully saturated rings. The van der Waals surface area contributed by atoms with Crippen molar-refractivity contribution in [1.82, 2.24) is 4.72 Å². The summed E-state index contributed by atoms with van der Waals surface area (Å²) in [6, 6.07) is 6.84. The van der Waals surface area contributed by atoms with Gasteiger partial charge in [0.1, 0.15) is 4.75 Å². The Morgan fingerprint density at radius 2 is 1.91 bits per heavy atom. The summed E-state index contributed by atoms with van der Waals surface area (Å²) in [5.74, 6) is 0. The van der Waals surface area contributed by atoms with E-state index in [0.29, 0.717) is 18.4 Å². The Morgan fingerprint density at radius 3 is 2.36 bits per heavy atom. The highest BCUT2D eigenvalue weighted by atomic mass is 32.2. The van der Waals surface area contributed by atoms with Gasteiger partial charge in [-0.05, 0) is 32.3 Å². The highest BCUT2D eigenvalue weighted by molar-refractivity contribution is 7.91. The smallest absolute Gasteiger partial charge is 0.219 e. The summed E-state index contributed by atoms with van der Waals surface area (Å²) in [6.07, 6.45) is 1.21. The van der Waals surface area contributed by atoms with Gasteiger partial charge in [0.2, 0.25) is 10.0 Å². The monoisotopic (exact) mass is 327 g/mol. The molecular formula is C16H25NO4S. The molecule has 1 aromatic rings. The van der Waals surface area contributed by atoms with Crippen molar-refractivity contribution in [2.45, 2.75) is 50.0 Å². The maximum Gasteiger partial charge on any atom is 0.219 e. The second kappa shape index (κ2) is 6.66. The second-order valence-corrected chi connectivity index (χ2v) is 8.34. The Bertz CT molecular complexity index is 593. The number of methoxy groups -OCH3 is 1. The van der Waals surface area contributed by atoms with Crippen LogP contribution in [0.3, 0.4) is 0 Å². The molecule has 2 N–H and O–H groups in total. The number of aliphatic hydroxyl groups is 1. The molecule has 2 unspecified atom stereocenters. The minimum atomic E-state index is -3.54. The van der Waals surface area contributed by atoms with Crippen LogP contribution >= 0.6 is 0 Å². The maximum atomic E-state index is 12.6. The maximum absolute atomic E-state index is 12.6. The number of benzene rings is 1. The van der Waals surface area contributed by atoms with E-state index in [9.17, 15) is 13.5 Å². The van der Waals surface area contributed by atoms with Crippen molar-refractivity contribution in [3.8, 4) is 0 Å². The number of hydrogen-bond acceptors (Lipinski definition) is 4. The Morgan fingerprint density at radius 1 is 1.32 bits per heavy atom. The SMILES string of the molecule is COCC1(S(=O)(=O)NC(C)C(O)c2ccc(C)cc2)CCC1. The van der Waals surface area contributed by atoms with Gasteiger partial charge in [-0.25, -0.2) is 13.1 Å². The summed E-state index contributed by atoms with van der Waals surface area (Å²) in [7, 11) is -2.03. The van der Waals surface area contributed by atoms with Crippen molar-refractivity contribution in [3.63, 3.8) is 0 Å². The van der Waals surface area contributed by atoms with Crippen molar-refractivity contribution in [2.75, 3.05) is 13.7 Å². The molecule has 0 amide bonds. The van der Waals surface area contributed by atoms with E-state index < -0.39 is 26.9 Å². The van der Waals surface area contributed by atoms with Crippen LogP contribution < -0.4 is 4.72 Å². The molecule has 0 aromatic heterocycles. The molecule has 2 rings (SSSR count). The van der Waals surface area contributed by atoms with E-state index >= 15 is 0 Å². The molecule has 0 aliphatic heterocycles. The fourth-order valence-electron chi connectivity index (χ4n) is 2.81. The summed E-state index contributed by atoms with van der Waals surface area (Å²) in [6.45, 7) is 3.84. The highest BCUT2D eigenvalue weighted by Crippen LogP contribution is 2.39. The third-order valence-electron chi connectivity index (χ3n) is 4.48. The summed E-state index contributed by atoms with van der Waals surface area (Å²) in [4.78, 5) is 0. The van der Waals surface area contributed by atoms with Gasteiger partial charge in [0.15, 0.2) is 0 Å². The lowest BCUT2D eigenvalue weighted by Gasteiger charge is -2.41. The van der Waals surface area contributed by atoms with E-state index in [1.165, 1.54) is 7.11 Å². The molecule has 1 aromatic carbocycles. The molecule has 0 heterocycles. The molecule has 5 nitrogen and oxygen atoms in total. The second-order valence-electron chi connectivity index (χ2n) is 6.24. The van der Waals surface area contributed by atoms with Crippen LogP contribution in [-0.2, 0) is 14.8 Å². The van der Waals surface area contributed by atoms with Gasteiger partial charge >= 0.3 is 0 Å². The van der Waals surface area contributed by atoms with Crippen LogP contribution in [0, 0.1) is 6.92 Å². The van der Waals surface area contributed by atoms with Crippen LogP contribution in [0.2, 0.25) is 0 Å². The lowest BCUT2D eigenvalue weighted by molar-refractivity contribution is 0.121. The largest absolute Gasteiger partial charge is 0.387 e. The zero-order valence-corrected chi connectivity index (χ0v) is 14.2. The number of sulfonamides is 1. The number of aryl methyl sites for hydroxylation is 1. The van der Waals surface area contributed by atoms with Gasteiger partial charge in [-0.1, -0.05) is 36.2 Å². The fraction of sp³-hybridized carbons (Fsp3) is 0.625. The lowest BCUT2D eigenvalue weighted by Crippen LogP contribution is -2.56. The molecule has 0 radical (unpaired) electrons. The average molecular weight is 327 g/mol. The molecule has 0 saturated heterocycles. The number of hydrogen-bond donors (Lipinski definition) is 2. The summed E-state index contributed by atoms with van der Waals surface area (Å²) in [5, 5.41) is 10.4. The molecular weight excluding hydrogens is 302 g/mol. The summed E-state index contributed by atoms with van der Waals surface area (Å²) < 4.78 is 32.1. The van der Waals surface area contributed by atoms with Gasteiger partial charge in [-0.3, -0.25) is 0 Å². The molecule has 124 valence electrons. The van der Waals surface area contributed by atoms with Gasteiger partial charge in [0.25, 0.3) is 0 Å². The third-order valence-corrected chi connectivity index (χ3v) is 6.82. The van der Waals surface area contributed by atoms with Crippen molar-refractivity contribution in [3.05, 3.63) is 35.4 Å². The van der Waals surface area contributed by atoms with Crippen molar-refractivity contribution in [1.29, 1.82) is 0 Å². The molecule has 1 aliphatic rings. The van der Waals surface area contributed by atoms with E-state index in [1.807, 2.05) is 31.2 Å². The number of rotatable bonds is 7. The van der Waals surface area contributed by atoms with E-state index in [4.69, 9.17) is 4.74 Å². The van der Waals surface area contributed by atoms with E-state index in [2.05, 4.69) is 4.72 Å². The zero-order valence-electron chi connectivity index (χ0n) is 13.4. The quantitative estimate of drug-likeness (QED) is 0.802. The Kier molecular flexibility index (Phi) is 5.27. The molecule has 6 heteroatoms. The third kappa shape index (κ3) is 3.35. The van der Waals surface area contributed by atoms with E-state index in [0.717, 1.165) is 12.0 Å². The summed E-state index contributed by atoms with van der Waals surface area (Å²) >= 11 is 0. The van der Waals surface area contributed by atoms with Crippen LogP contribution in [0.4, 0.5) is 0 Å². The van der Waals surface area contributed by atoms with Crippen molar-refractivity contribution in [2.24, 2.45) is 0 Å². The Labute approximate surface area is 132 Å². The molecule has 1 aliphatic carbocycles. The number of aliphatic hydroxyl groups excluding tert-OH is 1. The molecule has 1 saturated carbocycles. The minimum Gasteiger partial charge on any atom is -0.387 e. The lowest BCUT2D eigenvalue weighted by atomic mass is 9.85. The van der Waals surface area contributed by atoms with Crippen LogP contribution in [0.15, 0.2) is 24.3 Å². The first-order valence-corrected chi connectivity index (χ1v) is 9.05. The standard InChI is InChI=1S/C16H25NO4S/c1-12-5-7-14(8-6-12)15(18)13(2)17-22(19,20)16(11-21-3)9-4-10-16/h5-8,13,15,17-18H,4,9-11H2,1-3H3. The molecule has 22 heavy (non-hydrogen) atoms. The van der Waals surface area contributed by atoms with Gasteiger partial charge in [0.05, 0.1) is 12.7 Å². The van der Waals surface area contributed by atoms with Crippen LogP contribution in [0.25, 0.3) is 0 Å². The molecule has 0 bridgehead atoms. The van der Waals surface area contributed by atoms with Gasteiger partial charge < -0.3 is 9.84 Å². The molecule has 2 atom stereocenters. The minimum absolute atomic E-state index is 0.190. The number of ether oxygens (including phenoxy) is 1. The predicted octanol–water partition coefficient (Wildman–Crippen LogP) is 1.91.